The second kappa shape index (κ2) is 6.43. The summed E-state index contributed by atoms with van der Waals surface area (Å²) in [6, 6.07) is -0.274. The van der Waals surface area contributed by atoms with Gasteiger partial charge in [0.15, 0.2) is 0 Å². The predicted molar refractivity (Wildman–Crippen MR) is 73.6 cm³/mol. The van der Waals surface area contributed by atoms with Crippen LogP contribution >= 0.6 is 0 Å². The molecule has 0 bridgehead atoms. The van der Waals surface area contributed by atoms with E-state index in [0.717, 1.165) is 25.7 Å². The number of nitrogens with one attached hydrogen (secondary N) is 1. The van der Waals surface area contributed by atoms with Gasteiger partial charge in [-0.15, -0.1) is 0 Å². The van der Waals surface area contributed by atoms with E-state index in [2.05, 4.69) is 5.32 Å². The molecule has 1 atom stereocenters. The molecule has 1 heterocycles. The summed E-state index contributed by atoms with van der Waals surface area (Å²) in [5.41, 5.74) is -1.09. The summed E-state index contributed by atoms with van der Waals surface area (Å²) in [7, 11) is 0. The van der Waals surface area contributed by atoms with Gasteiger partial charge in [-0.25, -0.2) is 9.59 Å². The summed E-state index contributed by atoms with van der Waals surface area (Å²) >= 11 is 0. The summed E-state index contributed by atoms with van der Waals surface area (Å²) in [5.74, 6) is -0.908. The van der Waals surface area contributed by atoms with Gasteiger partial charge >= 0.3 is 12.0 Å². The fourth-order valence-electron chi connectivity index (χ4n) is 3.01. The lowest BCUT2D eigenvalue weighted by atomic mass is 9.90. The van der Waals surface area contributed by atoms with E-state index in [9.17, 15) is 14.7 Å². The van der Waals surface area contributed by atoms with Crippen LogP contribution in [0, 0.1) is 0 Å². The number of aliphatic carboxylic acids is 1. The number of hydrogen-bond donors (Lipinski definition) is 2. The molecular formula is C14H24N2O4. The lowest BCUT2D eigenvalue weighted by Crippen LogP contribution is -2.59. The zero-order valence-electron chi connectivity index (χ0n) is 12.1. The Kier molecular flexibility index (Phi) is 4.86. The highest BCUT2D eigenvalue weighted by atomic mass is 16.5. The average Bonchev–Trinajstić information content (AvgIpc) is 2.65. The molecule has 6 nitrogen and oxygen atoms in total. The van der Waals surface area contributed by atoms with Crippen LogP contribution in [-0.4, -0.2) is 53.3 Å². The highest BCUT2D eigenvalue weighted by Gasteiger charge is 2.41. The third kappa shape index (κ3) is 3.42. The highest BCUT2D eigenvalue weighted by Crippen LogP contribution is 2.28. The Morgan fingerprint density at radius 1 is 1.25 bits per heavy atom. The zero-order valence-corrected chi connectivity index (χ0v) is 12.1. The van der Waals surface area contributed by atoms with Crippen molar-refractivity contribution in [3.63, 3.8) is 0 Å². The fraction of sp³-hybridized carbons (Fsp3) is 0.857. The smallest absolute Gasteiger partial charge is 0.329 e. The Hall–Kier alpha value is -1.30. The number of ether oxygens (including phenoxy) is 1. The number of morpholine rings is 1. The number of urea groups is 1. The van der Waals surface area contributed by atoms with Crippen LogP contribution in [-0.2, 0) is 9.53 Å². The molecule has 114 valence electrons. The topological polar surface area (TPSA) is 78.9 Å². The number of carboxylic acids is 1. The first-order valence-electron chi connectivity index (χ1n) is 7.46. The van der Waals surface area contributed by atoms with E-state index in [-0.39, 0.29) is 12.1 Å². The Labute approximate surface area is 119 Å². The summed E-state index contributed by atoms with van der Waals surface area (Å²) in [5, 5.41) is 12.3. The maximum absolute atomic E-state index is 12.3. The molecular weight excluding hydrogens is 260 g/mol. The molecule has 1 saturated carbocycles. The van der Waals surface area contributed by atoms with E-state index in [4.69, 9.17) is 4.74 Å². The highest BCUT2D eigenvalue weighted by molar-refractivity contribution is 5.86. The van der Waals surface area contributed by atoms with Gasteiger partial charge in [0, 0.05) is 13.1 Å². The van der Waals surface area contributed by atoms with E-state index >= 15 is 0 Å². The first-order chi connectivity index (χ1) is 9.53. The van der Waals surface area contributed by atoms with E-state index in [0.29, 0.717) is 32.5 Å². The minimum atomic E-state index is -1.09. The van der Waals surface area contributed by atoms with Gasteiger partial charge in [-0.1, -0.05) is 25.7 Å². The average molecular weight is 284 g/mol. The van der Waals surface area contributed by atoms with Crippen molar-refractivity contribution in [2.24, 2.45) is 0 Å². The third-order valence-electron chi connectivity index (χ3n) is 4.24. The van der Waals surface area contributed by atoms with Crippen molar-refractivity contribution in [1.29, 1.82) is 0 Å². The standard InChI is InChI=1S/C14H24N2O4/c1-11-10-16(8-9-20-11)13(19)15-14(12(17)18)6-4-2-3-5-7-14/h11H,2-10H2,1H3,(H,15,19)(H,17,18). The zero-order chi connectivity index (χ0) is 14.6. The molecule has 0 aromatic heterocycles. The van der Waals surface area contributed by atoms with Crippen molar-refractivity contribution in [2.45, 2.75) is 57.1 Å². The lowest BCUT2D eigenvalue weighted by Gasteiger charge is -2.36. The molecule has 2 N–H and O–H groups in total. The van der Waals surface area contributed by atoms with Gasteiger partial charge in [0.25, 0.3) is 0 Å². The molecule has 0 aromatic rings. The van der Waals surface area contributed by atoms with Gasteiger partial charge in [-0.05, 0) is 19.8 Å². The van der Waals surface area contributed by atoms with Crippen molar-refractivity contribution < 1.29 is 19.4 Å². The molecule has 20 heavy (non-hydrogen) atoms. The molecule has 2 rings (SSSR count). The van der Waals surface area contributed by atoms with Crippen molar-refractivity contribution >= 4 is 12.0 Å². The fourth-order valence-corrected chi connectivity index (χ4v) is 3.01. The van der Waals surface area contributed by atoms with E-state index < -0.39 is 11.5 Å². The van der Waals surface area contributed by atoms with Crippen LogP contribution in [0.1, 0.15) is 45.4 Å². The normalized spacial score (nSPS) is 26.6. The van der Waals surface area contributed by atoms with Crippen LogP contribution in [0.3, 0.4) is 0 Å². The number of carboxylic acid groups (broad SMARTS) is 1. The molecule has 0 spiro atoms. The monoisotopic (exact) mass is 284 g/mol. The first kappa shape index (κ1) is 15.1. The van der Waals surface area contributed by atoms with Crippen molar-refractivity contribution in [2.75, 3.05) is 19.7 Å². The molecule has 1 aliphatic heterocycles. The summed E-state index contributed by atoms with van der Waals surface area (Å²) in [6.45, 7) is 3.46. The molecule has 0 radical (unpaired) electrons. The summed E-state index contributed by atoms with van der Waals surface area (Å²) in [6.07, 6.45) is 4.84. The van der Waals surface area contributed by atoms with Gasteiger partial charge in [0.05, 0.1) is 12.7 Å². The van der Waals surface area contributed by atoms with Crippen LogP contribution in [0.25, 0.3) is 0 Å². The number of carbonyl (C=O) groups excluding carboxylic acids is 1. The lowest BCUT2D eigenvalue weighted by molar-refractivity contribution is -0.145. The van der Waals surface area contributed by atoms with Gasteiger partial charge in [-0.2, -0.15) is 0 Å². The Morgan fingerprint density at radius 2 is 1.90 bits per heavy atom. The van der Waals surface area contributed by atoms with Gasteiger partial charge in [0.1, 0.15) is 5.54 Å². The molecule has 0 aromatic carbocycles. The number of rotatable bonds is 2. The molecule has 1 aliphatic carbocycles. The SMILES string of the molecule is CC1CN(C(=O)NC2(C(=O)O)CCCCCC2)CCO1. The Morgan fingerprint density at radius 3 is 2.45 bits per heavy atom. The quantitative estimate of drug-likeness (QED) is 0.755. The predicted octanol–water partition coefficient (Wildman–Crippen LogP) is 1.59. The molecule has 2 amide bonds. The Bertz CT molecular complexity index is 364. The van der Waals surface area contributed by atoms with E-state index in [1.54, 1.807) is 4.90 Å². The van der Waals surface area contributed by atoms with E-state index in [1.807, 2.05) is 6.92 Å². The van der Waals surface area contributed by atoms with Gasteiger partial charge in [0.2, 0.25) is 0 Å². The molecule has 1 unspecified atom stereocenters. The summed E-state index contributed by atoms with van der Waals surface area (Å²) in [4.78, 5) is 25.6. The third-order valence-corrected chi connectivity index (χ3v) is 4.24. The second-order valence-corrected chi connectivity index (χ2v) is 5.86. The number of hydrogen-bond acceptors (Lipinski definition) is 3. The van der Waals surface area contributed by atoms with Crippen molar-refractivity contribution in [1.82, 2.24) is 10.2 Å². The molecule has 2 fully saturated rings. The second-order valence-electron chi connectivity index (χ2n) is 5.86. The van der Waals surface area contributed by atoms with Gasteiger partial charge < -0.3 is 20.1 Å². The van der Waals surface area contributed by atoms with Crippen LogP contribution < -0.4 is 5.32 Å². The number of carbonyl (C=O) groups is 2. The van der Waals surface area contributed by atoms with E-state index in [1.165, 1.54) is 0 Å². The molecule has 6 heteroatoms. The maximum Gasteiger partial charge on any atom is 0.329 e. The minimum Gasteiger partial charge on any atom is -0.480 e. The van der Waals surface area contributed by atoms with Gasteiger partial charge in [-0.3, -0.25) is 0 Å². The summed E-state index contributed by atoms with van der Waals surface area (Å²) < 4.78 is 5.40. The maximum atomic E-state index is 12.3. The first-order valence-corrected chi connectivity index (χ1v) is 7.46. The minimum absolute atomic E-state index is 0.00408. The van der Waals surface area contributed by atoms with Crippen LogP contribution in [0.2, 0.25) is 0 Å². The molecule has 1 saturated heterocycles. The van der Waals surface area contributed by atoms with Crippen molar-refractivity contribution in [3.05, 3.63) is 0 Å². The number of nitrogens with zero attached hydrogens (tertiary/aromatic N) is 1. The number of amides is 2. The Balaban J connectivity index is 2.03. The molecule has 2 aliphatic rings. The largest absolute Gasteiger partial charge is 0.480 e. The van der Waals surface area contributed by atoms with Crippen molar-refractivity contribution in [3.8, 4) is 0 Å². The van der Waals surface area contributed by atoms with Crippen LogP contribution in [0.5, 0.6) is 0 Å². The van der Waals surface area contributed by atoms with Crippen LogP contribution in [0.4, 0.5) is 4.79 Å². The van der Waals surface area contributed by atoms with Crippen LogP contribution in [0.15, 0.2) is 0 Å².